The first-order valence-electron chi connectivity index (χ1n) is 6.54. The summed E-state index contributed by atoms with van der Waals surface area (Å²) in [7, 11) is 0. The minimum atomic E-state index is 0.0988. The molecule has 1 N–H and O–H groups in total. The quantitative estimate of drug-likeness (QED) is 0.920. The van der Waals surface area contributed by atoms with E-state index >= 15 is 0 Å². The summed E-state index contributed by atoms with van der Waals surface area (Å²) in [4.78, 5) is 0. The zero-order valence-corrected chi connectivity index (χ0v) is 13.5. The lowest BCUT2D eigenvalue weighted by Gasteiger charge is -2.19. The molecule has 0 amide bonds. The second kappa shape index (κ2) is 6.17. The predicted molar refractivity (Wildman–Crippen MR) is 84.4 cm³/mol. The van der Waals surface area contributed by atoms with Gasteiger partial charge < -0.3 is 5.32 Å². The van der Waals surface area contributed by atoms with Gasteiger partial charge in [-0.3, -0.25) is 4.68 Å². The van der Waals surface area contributed by atoms with Crippen molar-refractivity contribution in [3.05, 3.63) is 51.8 Å². The zero-order chi connectivity index (χ0) is 14.8. The molecule has 1 aromatic heterocycles. The highest BCUT2D eigenvalue weighted by atomic mass is 35.5. The van der Waals surface area contributed by atoms with E-state index in [2.05, 4.69) is 31.2 Å². The number of benzene rings is 1. The van der Waals surface area contributed by atoms with Crippen LogP contribution < -0.4 is 5.32 Å². The van der Waals surface area contributed by atoms with Crippen molar-refractivity contribution < 1.29 is 0 Å². The number of rotatable bonds is 4. The van der Waals surface area contributed by atoms with Gasteiger partial charge in [-0.05, 0) is 38.5 Å². The number of aromatic nitrogens is 2. The summed E-state index contributed by atoms with van der Waals surface area (Å²) in [6, 6.07) is 5.53. The lowest BCUT2D eigenvalue weighted by Crippen LogP contribution is -2.34. The fourth-order valence-electron chi connectivity index (χ4n) is 1.78. The van der Waals surface area contributed by atoms with Gasteiger partial charge in [-0.2, -0.15) is 5.10 Å². The van der Waals surface area contributed by atoms with Crippen LogP contribution in [-0.4, -0.2) is 15.3 Å². The molecule has 0 atom stereocenters. The summed E-state index contributed by atoms with van der Waals surface area (Å²) in [6.07, 6.45) is 3.91. The van der Waals surface area contributed by atoms with Crippen molar-refractivity contribution in [2.24, 2.45) is 0 Å². The third kappa shape index (κ3) is 4.51. The largest absolute Gasteiger partial charge is 0.308 e. The molecule has 0 unspecified atom stereocenters. The van der Waals surface area contributed by atoms with Crippen LogP contribution in [0.5, 0.6) is 0 Å². The predicted octanol–water partition coefficient (Wildman–Crippen LogP) is 4.13. The van der Waals surface area contributed by atoms with Gasteiger partial charge in [-0.1, -0.05) is 29.3 Å². The van der Waals surface area contributed by atoms with Crippen molar-refractivity contribution in [2.45, 2.75) is 39.4 Å². The first-order valence-corrected chi connectivity index (χ1v) is 7.29. The minimum Gasteiger partial charge on any atom is -0.308 e. The number of halogens is 2. The molecule has 0 saturated carbocycles. The molecule has 3 nitrogen and oxygen atoms in total. The number of nitrogens with zero attached hydrogens (tertiary/aromatic N) is 2. The maximum atomic E-state index is 6.17. The van der Waals surface area contributed by atoms with Gasteiger partial charge in [-0.15, -0.1) is 0 Å². The average molecular weight is 312 g/mol. The Morgan fingerprint density at radius 3 is 2.65 bits per heavy atom. The van der Waals surface area contributed by atoms with E-state index in [9.17, 15) is 0 Å². The number of nitrogens with one attached hydrogen (secondary N) is 1. The molecular formula is C15H19Cl2N3. The van der Waals surface area contributed by atoms with Crippen LogP contribution in [0.4, 0.5) is 0 Å². The van der Waals surface area contributed by atoms with Gasteiger partial charge in [0.1, 0.15) is 0 Å². The maximum Gasteiger partial charge on any atom is 0.0674 e. The van der Waals surface area contributed by atoms with E-state index in [0.29, 0.717) is 16.6 Å². The lowest BCUT2D eigenvalue weighted by atomic mass is 10.1. The summed E-state index contributed by atoms with van der Waals surface area (Å²) in [5, 5.41) is 9.11. The highest BCUT2D eigenvalue weighted by Crippen LogP contribution is 2.21. The van der Waals surface area contributed by atoms with Gasteiger partial charge in [0.2, 0.25) is 0 Å². The lowest BCUT2D eigenvalue weighted by molar-refractivity contribution is 0.424. The van der Waals surface area contributed by atoms with Crippen LogP contribution in [0.15, 0.2) is 30.6 Å². The monoisotopic (exact) mass is 311 g/mol. The molecule has 1 heterocycles. The second-order valence-electron chi connectivity index (χ2n) is 5.89. The Balaban J connectivity index is 2.02. The molecule has 0 spiro atoms. The van der Waals surface area contributed by atoms with E-state index in [-0.39, 0.29) is 5.54 Å². The van der Waals surface area contributed by atoms with Crippen LogP contribution >= 0.6 is 23.2 Å². The highest BCUT2D eigenvalue weighted by molar-refractivity contribution is 6.35. The Bertz CT molecular complexity index is 585. The summed E-state index contributed by atoms with van der Waals surface area (Å²) in [5.41, 5.74) is 2.27. The fraction of sp³-hybridized carbons (Fsp3) is 0.400. The zero-order valence-electron chi connectivity index (χ0n) is 12.0. The third-order valence-corrected chi connectivity index (χ3v) is 3.44. The summed E-state index contributed by atoms with van der Waals surface area (Å²) >= 11 is 12.1. The van der Waals surface area contributed by atoms with Crippen LogP contribution in [0, 0.1) is 0 Å². The molecule has 0 fully saturated rings. The molecule has 108 valence electrons. The second-order valence-corrected chi connectivity index (χ2v) is 6.73. The van der Waals surface area contributed by atoms with Crippen molar-refractivity contribution in [1.29, 1.82) is 0 Å². The van der Waals surface area contributed by atoms with Gasteiger partial charge >= 0.3 is 0 Å². The molecule has 0 saturated heterocycles. The number of hydrogen-bond donors (Lipinski definition) is 1. The Morgan fingerprint density at radius 1 is 1.25 bits per heavy atom. The molecule has 0 aliphatic carbocycles. The minimum absolute atomic E-state index is 0.0988. The molecule has 0 radical (unpaired) electrons. The van der Waals surface area contributed by atoms with Crippen LogP contribution in [0.1, 0.15) is 31.9 Å². The van der Waals surface area contributed by atoms with Crippen LogP contribution in [-0.2, 0) is 13.1 Å². The van der Waals surface area contributed by atoms with E-state index < -0.39 is 0 Å². The van der Waals surface area contributed by atoms with E-state index in [1.165, 1.54) is 0 Å². The van der Waals surface area contributed by atoms with Crippen LogP contribution in [0.25, 0.3) is 0 Å². The summed E-state index contributed by atoms with van der Waals surface area (Å²) in [5.74, 6) is 0. The Labute approximate surface area is 129 Å². The number of hydrogen-bond acceptors (Lipinski definition) is 2. The Kier molecular flexibility index (Phi) is 4.74. The SMILES string of the molecule is CC(C)(C)NCc1cnn(Cc2ccc(Cl)cc2Cl)c1. The Morgan fingerprint density at radius 2 is 2.00 bits per heavy atom. The molecule has 0 aliphatic heterocycles. The maximum absolute atomic E-state index is 6.17. The van der Waals surface area contributed by atoms with Crippen LogP contribution in [0.3, 0.4) is 0 Å². The van der Waals surface area contributed by atoms with Gasteiger partial charge in [0.25, 0.3) is 0 Å². The third-order valence-electron chi connectivity index (χ3n) is 2.86. The normalized spacial score (nSPS) is 11.8. The molecule has 5 heteroatoms. The Hall–Kier alpha value is -1.03. The molecular weight excluding hydrogens is 293 g/mol. The van der Waals surface area contributed by atoms with E-state index in [1.54, 1.807) is 6.07 Å². The van der Waals surface area contributed by atoms with E-state index in [4.69, 9.17) is 23.2 Å². The standard InChI is InChI=1S/C15H19Cl2N3/c1-15(2,3)18-7-11-8-19-20(9-11)10-12-4-5-13(16)6-14(12)17/h4-6,8-9,18H,7,10H2,1-3H3. The molecule has 2 aromatic rings. The fourth-order valence-corrected chi connectivity index (χ4v) is 2.24. The van der Waals surface area contributed by atoms with Gasteiger partial charge in [0, 0.05) is 33.9 Å². The summed E-state index contributed by atoms with van der Waals surface area (Å²) < 4.78 is 1.88. The van der Waals surface area contributed by atoms with Crippen molar-refractivity contribution in [3.63, 3.8) is 0 Å². The van der Waals surface area contributed by atoms with Crippen molar-refractivity contribution in [2.75, 3.05) is 0 Å². The smallest absolute Gasteiger partial charge is 0.0674 e. The molecule has 20 heavy (non-hydrogen) atoms. The van der Waals surface area contributed by atoms with Crippen molar-refractivity contribution in [1.82, 2.24) is 15.1 Å². The first-order chi connectivity index (χ1) is 9.33. The van der Waals surface area contributed by atoms with Gasteiger partial charge in [0.05, 0.1) is 12.7 Å². The average Bonchev–Trinajstić information content (AvgIpc) is 2.77. The molecule has 0 bridgehead atoms. The topological polar surface area (TPSA) is 29.9 Å². The molecule has 0 aliphatic rings. The summed E-state index contributed by atoms with van der Waals surface area (Å²) in [6.45, 7) is 7.88. The van der Waals surface area contributed by atoms with Crippen molar-refractivity contribution >= 4 is 23.2 Å². The van der Waals surface area contributed by atoms with Gasteiger partial charge in [0.15, 0.2) is 0 Å². The van der Waals surface area contributed by atoms with E-state index in [0.717, 1.165) is 17.7 Å². The molecule has 2 rings (SSSR count). The highest BCUT2D eigenvalue weighted by Gasteiger charge is 2.09. The van der Waals surface area contributed by atoms with Crippen LogP contribution in [0.2, 0.25) is 10.0 Å². The molecule has 1 aromatic carbocycles. The van der Waals surface area contributed by atoms with Gasteiger partial charge in [-0.25, -0.2) is 0 Å². The van der Waals surface area contributed by atoms with E-state index in [1.807, 2.05) is 29.2 Å². The van der Waals surface area contributed by atoms with Crippen molar-refractivity contribution in [3.8, 4) is 0 Å². The first kappa shape index (κ1) is 15.4.